The smallest absolute Gasteiger partial charge is 0.241 e. The number of hydrogen-bond donors (Lipinski definition) is 2. The number of aryl methyl sites for hydroxylation is 4. The van der Waals surface area contributed by atoms with Crippen LogP contribution < -0.4 is 27.6 Å². The normalized spacial score (nSPS) is 16.3. The summed E-state index contributed by atoms with van der Waals surface area (Å²) in [7, 11) is 2.25. The molecule has 2 unspecified atom stereocenters. The lowest BCUT2D eigenvalue weighted by Crippen LogP contribution is -3.00. The molecule has 0 aromatic heterocycles. The molecule has 6 nitrogen and oxygen atoms in total. The lowest BCUT2D eigenvalue weighted by atomic mass is 9.98. The SMILES string of the molecule is CCCC[N+](C)(CCNCCCCCN1CCC1C(=O)Nc1c(C)cccc1C)CC(=O)Cc1c(C)cccc1C.[Br-]. The van der Waals surface area contributed by atoms with Gasteiger partial charge in [0.05, 0.1) is 26.2 Å². The van der Waals surface area contributed by atoms with Gasteiger partial charge < -0.3 is 32.1 Å². The van der Waals surface area contributed by atoms with Crippen molar-refractivity contribution in [1.82, 2.24) is 10.2 Å². The second-order valence-electron chi connectivity index (χ2n) is 12.6. The molecule has 7 heteroatoms. The first kappa shape index (κ1) is 36.1. The fraction of sp³-hybridized carbons (Fsp3) is 0.600. The van der Waals surface area contributed by atoms with Crippen molar-refractivity contribution >= 4 is 17.4 Å². The quantitative estimate of drug-likeness (QED) is 0.194. The van der Waals surface area contributed by atoms with Crippen LogP contribution >= 0.6 is 0 Å². The zero-order chi connectivity index (χ0) is 29.8. The van der Waals surface area contributed by atoms with Crippen LogP contribution in [-0.2, 0) is 16.0 Å². The Morgan fingerprint density at radius 2 is 1.52 bits per heavy atom. The molecule has 1 aliphatic heterocycles. The van der Waals surface area contributed by atoms with Crippen molar-refractivity contribution in [3.05, 3.63) is 64.2 Å². The molecule has 1 fully saturated rings. The number of anilines is 1. The lowest BCUT2D eigenvalue weighted by Gasteiger charge is -2.40. The number of carbonyl (C=O) groups is 2. The first-order valence-electron chi connectivity index (χ1n) is 15.9. The van der Waals surface area contributed by atoms with Crippen LogP contribution in [0.4, 0.5) is 5.69 Å². The number of unbranched alkanes of at least 4 members (excludes halogenated alkanes) is 3. The Balaban J connectivity index is 0.00000616. The van der Waals surface area contributed by atoms with Crippen molar-refractivity contribution in [2.45, 2.75) is 85.6 Å². The van der Waals surface area contributed by atoms with Crippen LogP contribution in [0, 0.1) is 27.7 Å². The van der Waals surface area contributed by atoms with Gasteiger partial charge in [-0.3, -0.25) is 14.5 Å². The third-order valence-electron chi connectivity index (χ3n) is 8.92. The monoisotopic (exact) mass is 642 g/mol. The first-order valence-corrected chi connectivity index (χ1v) is 15.9. The predicted octanol–water partition coefficient (Wildman–Crippen LogP) is 2.76. The van der Waals surface area contributed by atoms with Gasteiger partial charge in [-0.1, -0.05) is 56.2 Å². The average Bonchev–Trinajstić information content (AvgIpc) is 2.90. The molecule has 0 spiro atoms. The molecule has 0 bridgehead atoms. The molecule has 1 aliphatic rings. The van der Waals surface area contributed by atoms with Gasteiger partial charge in [-0.2, -0.15) is 0 Å². The summed E-state index contributed by atoms with van der Waals surface area (Å²) in [6.45, 7) is 17.1. The summed E-state index contributed by atoms with van der Waals surface area (Å²) in [5.41, 5.74) is 6.83. The summed E-state index contributed by atoms with van der Waals surface area (Å²) < 4.78 is 0.811. The average molecular weight is 644 g/mol. The van der Waals surface area contributed by atoms with E-state index in [-0.39, 0.29) is 28.9 Å². The number of benzene rings is 2. The topological polar surface area (TPSA) is 61.4 Å². The summed E-state index contributed by atoms with van der Waals surface area (Å²) >= 11 is 0. The highest BCUT2D eigenvalue weighted by Gasteiger charge is 2.33. The number of halogens is 1. The zero-order valence-corrected chi connectivity index (χ0v) is 28.6. The fourth-order valence-electron chi connectivity index (χ4n) is 6.06. The number of likely N-dealkylation sites (N-methyl/N-ethyl adjacent to an activating group) is 1. The standard InChI is InChI=1S/C35H54N4O2.BrH/c1-7-8-23-39(6,26-31(40)25-32-27(2)14-12-15-28(32)3)24-20-36-19-10-9-11-21-38-22-18-33(38)35(41)37-34-29(4)16-13-17-30(34)5;/h12-17,33,36H,7-11,18-26H2,1-6H3;1H. The van der Waals surface area contributed by atoms with Crippen LogP contribution in [0.3, 0.4) is 0 Å². The van der Waals surface area contributed by atoms with E-state index in [1.807, 2.05) is 32.0 Å². The van der Waals surface area contributed by atoms with Gasteiger partial charge in [-0.25, -0.2) is 0 Å². The van der Waals surface area contributed by atoms with Crippen molar-refractivity contribution in [2.24, 2.45) is 0 Å². The summed E-state index contributed by atoms with van der Waals surface area (Å²) in [5.74, 6) is 0.472. The van der Waals surface area contributed by atoms with Gasteiger partial charge >= 0.3 is 0 Å². The number of carbonyl (C=O) groups excluding carboxylic acids is 2. The molecule has 1 heterocycles. The summed E-state index contributed by atoms with van der Waals surface area (Å²) in [4.78, 5) is 28.3. The van der Waals surface area contributed by atoms with Crippen molar-refractivity contribution < 1.29 is 31.1 Å². The van der Waals surface area contributed by atoms with Crippen LogP contribution in [0.2, 0.25) is 0 Å². The molecule has 3 rings (SSSR count). The Hall–Kier alpha value is -2.06. The second-order valence-corrected chi connectivity index (χ2v) is 12.6. The van der Waals surface area contributed by atoms with E-state index >= 15 is 0 Å². The molecule has 2 aromatic rings. The highest BCUT2D eigenvalue weighted by atomic mass is 79.9. The number of Topliss-reactive ketones (excluding diaryl/α,β-unsaturated/α-hetero) is 1. The zero-order valence-electron chi connectivity index (χ0n) is 27.0. The van der Waals surface area contributed by atoms with Gasteiger partial charge in [-0.05, 0) is 94.3 Å². The van der Waals surface area contributed by atoms with Crippen molar-refractivity contribution in [3.8, 4) is 0 Å². The number of quaternary nitrogens is 1. The third-order valence-corrected chi connectivity index (χ3v) is 8.92. The molecule has 0 radical (unpaired) electrons. The number of ketones is 1. The lowest BCUT2D eigenvalue weighted by molar-refractivity contribution is -0.901. The minimum atomic E-state index is 0. The fourth-order valence-corrected chi connectivity index (χ4v) is 6.06. The molecule has 0 saturated carbocycles. The Kier molecular flexibility index (Phi) is 15.4. The summed E-state index contributed by atoms with van der Waals surface area (Å²) in [5, 5.41) is 6.81. The number of hydrogen-bond acceptors (Lipinski definition) is 4. The van der Waals surface area contributed by atoms with E-state index in [4.69, 9.17) is 0 Å². The molecule has 1 amide bonds. The van der Waals surface area contributed by atoms with Gasteiger partial charge in [0.25, 0.3) is 0 Å². The molecule has 2 atom stereocenters. The van der Waals surface area contributed by atoms with Gasteiger partial charge in [0.2, 0.25) is 5.91 Å². The highest BCUT2D eigenvalue weighted by Crippen LogP contribution is 2.24. The number of rotatable bonds is 18. The first-order chi connectivity index (χ1) is 19.6. The minimum Gasteiger partial charge on any atom is -1.00 e. The van der Waals surface area contributed by atoms with Crippen LogP contribution in [0.5, 0.6) is 0 Å². The summed E-state index contributed by atoms with van der Waals surface area (Å²) in [6, 6.07) is 12.4. The number of nitrogens with one attached hydrogen (secondary N) is 2. The minimum absolute atomic E-state index is 0. The van der Waals surface area contributed by atoms with Gasteiger partial charge in [0.15, 0.2) is 5.78 Å². The Morgan fingerprint density at radius 3 is 2.12 bits per heavy atom. The highest BCUT2D eigenvalue weighted by molar-refractivity contribution is 5.96. The third kappa shape index (κ3) is 10.9. The van der Waals surface area contributed by atoms with Gasteiger partial charge in [0, 0.05) is 25.2 Å². The van der Waals surface area contributed by atoms with Crippen molar-refractivity contribution in [3.63, 3.8) is 0 Å². The van der Waals surface area contributed by atoms with E-state index in [1.165, 1.54) is 16.7 Å². The van der Waals surface area contributed by atoms with E-state index in [0.717, 1.165) is 99.1 Å². The number of amides is 1. The van der Waals surface area contributed by atoms with E-state index in [1.54, 1.807) is 0 Å². The number of likely N-dealkylation sites (tertiary alicyclic amines) is 1. The van der Waals surface area contributed by atoms with Crippen molar-refractivity contribution in [2.75, 3.05) is 58.2 Å². The maximum Gasteiger partial charge on any atom is 0.241 e. The van der Waals surface area contributed by atoms with Gasteiger partial charge in [0.1, 0.15) is 6.54 Å². The van der Waals surface area contributed by atoms with Crippen LogP contribution in [0.15, 0.2) is 36.4 Å². The maximum atomic E-state index is 13.1. The molecular formula is C35H55BrN4O2. The molecule has 0 aliphatic carbocycles. The van der Waals surface area contributed by atoms with E-state index in [2.05, 4.69) is 61.6 Å². The molecular weight excluding hydrogens is 588 g/mol. The van der Waals surface area contributed by atoms with Crippen LogP contribution in [0.25, 0.3) is 0 Å². The molecule has 234 valence electrons. The molecule has 1 saturated heterocycles. The van der Waals surface area contributed by atoms with E-state index < -0.39 is 0 Å². The predicted molar refractivity (Wildman–Crippen MR) is 172 cm³/mol. The maximum absolute atomic E-state index is 13.1. The molecule has 2 aromatic carbocycles. The van der Waals surface area contributed by atoms with E-state index in [9.17, 15) is 9.59 Å². The summed E-state index contributed by atoms with van der Waals surface area (Å²) in [6.07, 6.45) is 7.19. The number of nitrogens with zero attached hydrogens (tertiary/aromatic N) is 2. The second kappa shape index (κ2) is 17.9. The van der Waals surface area contributed by atoms with Gasteiger partial charge in [-0.15, -0.1) is 0 Å². The van der Waals surface area contributed by atoms with E-state index in [0.29, 0.717) is 18.7 Å². The Morgan fingerprint density at radius 1 is 0.881 bits per heavy atom. The molecule has 2 N–H and O–H groups in total. The Labute approximate surface area is 266 Å². The molecule has 42 heavy (non-hydrogen) atoms. The van der Waals surface area contributed by atoms with Crippen LogP contribution in [-0.4, -0.2) is 80.0 Å². The number of para-hydroxylation sites is 1. The van der Waals surface area contributed by atoms with Crippen molar-refractivity contribution in [1.29, 1.82) is 0 Å². The van der Waals surface area contributed by atoms with Crippen LogP contribution in [0.1, 0.15) is 73.3 Å². The Bertz CT molecular complexity index is 1110. The largest absolute Gasteiger partial charge is 1.00 e.